The molecule has 8 heteroatoms. The van der Waals surface area contributed by atoms with Gasteiger partial charge < -0.3 is 15.4 Å². The number of anilines is 2. The number of hydrogen-bond donors (Lipinski definition) is 2. The van der Waals surface area contributed by atoms with Gasteiger partial charge in [-0.3, -0.25) is 4.68 Å². The van der Waals surface area contributed by atoms with Gasteiger partial charge in [-0.05, 0) is 30.7 Å². The Hall–Kier alpha value is -3.29. The van der Waals surface area contributed by atoms with E-state index in [9.17, 15) is 4.79 Å². The number of benzene rings is 1. The Bertz CT molecular complexity index is 869. The van der Waals surface area contributed by atoms with Gasteiger partial charge in [0.15, 0.2) is 0 Å². The maximum Gasteiger partial charge on any atom is 0.323 e. The van der Waals surface area contributed by atoms with Gasteiger partial charge in [0, 0.05) is 25.1 Å². The number of carbonyl (C=O) groups excluding carboxylic acids is 1. The van der Waals surface area contributed by atoms with Crippen LogP contribution in [0, 0.1) is 6.92 Å². The average Bonchev–Trinajstić information content (AvgIpc) is 3.16. The average molecular weight is 340 g/mol. The third-order valence-corrected chi connectivity index (χ3v) is 3.69. The van der Waals surface area contributed by atoms with Crippen LogP contribution in [0.1, 0.15) is 11.3 Å². The van der Waals surface area contributed by atoms with E-state index in [-0.39, 0.29) is 6.03 Å². The lowest BCUT2D eigenvalue weighted by Crippen LogP contribution is -2.20. The van der Waals surface area contributed by atoms with Gasteiger partial charge >= 0.3 is 6.03 Å². The minimum Gasteiger partial charge on any atom is -0.480 e. The molecular weight excluding hydrogens is 320 g/mol. The highest BCUT2D eigenvalue weighted by Gasteiger charge is 2.16. The van der Waals surface area contributed by atoms with Crippen molar-refractivity contribution >= 4 is 17.4 Å². The standard InChI is InChI=1S/C17H20N6O2/c1-12-15(16(25-3)22(2)21-12)20-17(24)19-14-7-4-6-13(10-14)11-23-9-5-8-18-23/h4-10H,11H2,1-3H3,(H2,19,20,24). The highest BCUT2D eigenvalue weighted by molar-refractivity contribution is 6.00. The Morgan fingerprint density at radius 3 is 2.84 bits per heavy atom. The summed E-state index contributed by atoms with van der Waals surface area (Å²) in [6.07, 6.45) is 3.63. The number of rotatable bonds is 5. The van der Waals surface area contributed by atoms with Crippen molar-refractivity contribution in [1.29, 1.82) is 0 Å². The van der Waals surface area contributed by atoms with Crippen LogP contribution >= 0.6 is 0 Å². The van der Waals surface area contributed by atoms with Crippen LogP contribution in [0.4, 0.5) is 16.2 Å². The second kappa shape index (κ2) is 7.08. The maximum absolute atomic E-state index is 12.3. The number of carbonyl (C=O) groups is 1. The van der Waals surface area contributed by atoms with Crippen molar-refractivity contribution in [3.05, 3.63) is 54.0 Å². The van der Waals surface area contributed by atoms with Gasteiger partial charge in [-0.2, -0.15) is 10.2 Å². The minimum absolute atomic E-state index is 0.356. The maximum atomic E-state index is 12.3. The van der Waals surface area contributed by atoms with Crippen LogP contribution in [0.2, 0.25) is 0 Å². The molecule has 2 N–H and O–H groups in total. The van der Waals surface area contributed by atoms with Crippen molar-refractivity contribution < 1.29 is 9.53 Å². The van der Waals surface area contributed by atoms with E-state index in [1.165, 1.54) is 7.11 Å². The zero-order valence-electron chi connectivity index (χ0n) is 14.4. The molecule has 0 fully saturated rings. The molecule has 0 saturated heterocycles. The molecule has 0 aliphatic rings. The third kappa shape index (κ3) is 3.79. The summed E-state index contributed by atoms with van der Waals surface area (Å²) in [5.41, 5.74) is 2.97. The van der Waals surface area contributed by atoms with Gasteiger partial charge in [-0.15, -0.1) is 0 Å². The number of nitrogens with zero attached hydrogens (tertiary/aromatic N) is 4. The zero-order chi connectivity index (χ0) is 17.8. The fourth-order valence-electron chi connectivity index (χ4n) is 2.62. The molecule has 2 aromatic heterocycles. The minimum atomic E-state index is -0.356. The van der Waals surface area contributed by atoms with E-state index in [0.29, 0.717) is 29.5 Å². The summed E-state index contributed by atoms with van der Waals surface area (Å²) >= 11 is 0. The van der Waals surface area contributed by atoms with E-state index >= 15 is 0 Å². The Kier molecular flexibility index (Phi) is 4.69. The van der Waals surface area contributed by atoms with Crippen LogP contribution in [-0.4, -0.2) is 32.7 Å². The topological polar surface area (TPSA) is 86.0 Å². The molecule has 2 heterocycles. The van der Waals surface area contributed by atoms with Crippen molar-refractivity contribution in [2.24, 2.45) is 7.05 Å². The highest BCUT2D eigenvalue weighted by atomic mass is 16.5. The summed E-state index contributed by atoms with van der Waals surface area (Å²) in [5, 5.41) is 14.0. The van der Waals surface area contributed by atoms with Gasteiger partial charge in [0.25, 0.3) is 0 Å². The molecule has 0 saturated carbocycles. The molecule has 1 aromatic carbocycles. The fraction of sp³-hybridized carbons (Fsp3) is 0.235. The van der Waals surface area contributed by atoms with Crippen molar-refractivity contribution in [2.45, 2.75) is 13.5 Å². The second-order valence-corrected chi connectivity index (χ2v) is 5.58. The van der Waals surface area contributed by atoms with Crippen LogP contribution in [0.3, 0.4) is 0 Å². The molecule has 130 valence electrons. The van der Waals surface area contributed by atoms with E-state index in [1.807, 2.05) is 48.1 Å². The first-order valence-corrected chi connectivity index (χ1v) is 7.79. The van der Waals surface area contributed by atoms with Crippen LogP contribution in [0.15, 0.2) is 42.7 Å². The highest BCUT2D eigenvalue weighted by Crippen LogP contribution is 2.27. The van der Waals surface area contributed by atoms with Gasteiger partial charge in [-0.25, -0.2) is 9.48 Å². The van der Waals surface area contributed by atoms with Gasteiger partial charge in [0.2, 0.25) is 5.88 Å². The number of ether oxygens (including phenoxy) is 1. The number of aromatic nitrogens is 4. The van der Waals surface area contributed by atoms with Crippen molar-refractivity contribution in [2.75, 3.05) is 17.7 Å². The first-order valence-electron chi connectivity index (χ1n) is 7.79. The van der Waals surface area contributed by atoms with Crippen molar-refractivity contribution in [1.82, 2.24) is 19.6 Å². The molecule has 0 aliphatic carbocycles. The predicted octanol–water partition coefficient (Wildman–Crippen LogP) is 2.63. The predicted molar refractivity (Wildman–Crippen MR) is 94.9 cm³/mol. The zero-order valence-corrected chi connectivity index (χ0v) is 14.4. The van der Waals surface area contributed by atoms with Crippen LogP contribution < -0.4 is 15.4 Å². The largest absolute Gasteiger partial charge is 0.480 e. The summed E-state index contributed by atoms with van der Waals surface area (Å²) in [6.45, 7) is 2.45. The number of nitrogens with one attached hydrogen (secondary N) is 2. The molecular formula is C17H20N6O2. The third-order valence-electron chi connectivity index (χ3n) is 3.69. The van der Waals surface area contributed by atoms with E-state index in [1.54, 1.807) is 17.9 Å². The number of methoxy groups -OCH3 is 1. The van der Waals surface area contributed by atoms with Crippen molar-refractivity contribution in [3.63, 3.8) is 0 Å². The lowest BCUT2D eigenvalue weighted by Gasteiger charge is -2.10. The summed E-state index contributed by atoms with van der Waals surface area (Å²) in [4.78, 5) is 12.3. The quantitative estimate of drug-likeness (QED) is 0.747. The Morgan fingerprint density at radius 2 is 2.12 bits per heavy atom. The molecule has 2 amide bonds. The normalized spacial score (nSPS) is 10.5. The monoisotopic (exact) mass is 340 g/mol. The number of amides is 2. The van der Waals surface area contributed by atoms with E-state index in [0.717, 1.165) is 5.56 Å². The second-order valence-electron chi connectivity index (χ2n) is 5.58. The van der Waals surface area contributed by atoms with Crippen LogP contribution in [0.5, 0.6) is 5.88 Å². The van der Waals surface area contributed by atoms with Crippen LogP contribution in [-0.2, 0) is 13.6 Å². The van der Waals surface area contributed by atoms with E-state index in [4.69, 9.17) is 4.74 Å². The number of hydrogen-bond acceptors (Lipinski definition) is 4. The molecule has 25 heavy (non-hydrogen) atoms. The molecule has 0 radical (unpaired) electrons. The molecule has 3 aromatic rings. The summed E-state index contributed by atoms with van der Waals surface area (Å²) in [6, 6.07) is 9.14. The first kappa shape index (κ1) is 16.6. The van der Waals surface area contributed by atoms with Gasteiger partial charge in [-0.1, -0.05) is 12.1 Å². The Balaban J connectivity index is 1.69. The molecule has 0 bridgehead atoms. The van der Waals surface area contributed by atoms with Crippen molar-refractivity contribution in [3.8, 4) is 5.88 Å². The number of urea groups is 1. The summed E-state index contributed by atoms with van der Waals surface area (Å²) in [5.74, 6) is 0.500. The number of aryl methyl sites for hydroxylation is 2. The van der Waals surface area contributed by atoms with E-state index in [2.05, 4.69) is 20.8 Å². The summed E-state index contributed by atoms with van der Waals surface area (Å²) in [7, 11) is 3.30. The van der Waals surface area contributed by atoms with E-state index < -0.39 is 0 Å². The molecule has 0 unspecified atom stereocenters. The lowest BCUT2D eigenvalue weighted by atomic mass is 10.2. The molecule has 0 spiro atoms. The molecule has 0 aliphatic heterocycles. The summed E-state index contributed by atoms with van der Waals surface area (Å²) < 4.78 is 8.68. The Labute approximate surface area is 145 Å². The fourth-order valence-corrected chi connectivity index (χ4v) is 2.62. The van der Waals surface area contributed by atoms with Gasteiger partial charge in [0.05, 0.1) is 19.3 Å². The van der Waals surface area contributed by atoms with Crippen LogP contribution in [0.25, 0.3) is 0 Å². The SMILES string of the molecule is COc1c(NC(=O)Nc2cccc(Cn3cccn3)c2)c(C)nn1C. The smallest absolute Gasteiger partial charge is 0.323 e. The van der Waals surface area contributed by atoms with Gasteiger partial charge in [0.1, 0.15) is 5.69 Å². The molecule has 3 rings (SSSR count). The first-order chi connectivity index (χ1) is 12.1. The molecule has 8 nitrogen and oxygen atoms in total. The molecule has 0 atom stereocenters. The lowest BCUT2D eigenvalue weighted by molar-refractivity contribution is 0.262. The Morgan fingerprint density at radius 1 is 1.28 bits per heavy atom.